The largest absolute Gasteiger partial charge is 0.390 e. The predicted molar refractivity (Wildman–Crippen MR) is 82.7 cm³/mol. The summed E-state index contributed by atoms with van der Waals surface area (Å²) in [7, 11) is 0. The highest BCUT2D eigenvalue weighted by Gasteiger charge is 2.12. The lowest BCUT2D eigenvalue weighted by Crippen LogP contribution is -2.07. The Bertz CT molecular complexity index is 820. The molecule has 19 heavy (non-hydrogen) atoms. The second-order valence-electron chi connectivity index (χ2n) is 4.54. The Morgan fingerprint density at radius 3 is 2.63 bits per heavy atom. The van der Waals surface area contributed by atoms with E-state index in [0.29, 0.717) is 10.6 Å². The van der Waals surface area contributed by atoms with Crippen LogP contribution in [0.4, 0.5) is 5.00 Å². The van der Waals surface area contributed by atoms with Crippen molar-refractivity contribution >= 4 is 26.4 Å². The van der Waals surface area contributed by atoms with E-state index in [4.69, 9.17) is 5.73 Å². The van der Waals surface area contributed by atoms with Crippen molar-refractivity contribution in [2.45, 2.75) is 6.92 Å². The van der Waals surface area contributed by atoms with E-state index in [1.165, 1.54) is 11.3 Å². The molecule has 0 bridgehead atoms. The van der Waals surface area contributed by atoms with Crippen molar-refractivity contribution in [2.75, 3.05) is 5.73 Å². The van der Waals surface area contributed by atoms with Gasteiger partial charge in [-0.25, -0.2) is 0 Å². The second kappa shape index (κ2) is 4.52. The summed E-state index contributed by atoms with van der Waals surface area (Å²) in [5.74, 6) is 0. The summed E-state index contributed by atoms with van der Waals surface area (Å²) in [6.07, 6.45) is 0. The third kappa shape index (κ3) is 2.02. The van der Waals surface area contributed by atoms with Crippen LogP contribution in [0.1, 0.15) is 5.56 Å². The van der Waals surface area contributed by atoms with Crippen molar-refractivity contribution in [3.63, 3.8) is 0 Å². The Morgan fingerprint density at radius 1 is 1.05 bits per heavy atom. The van der Waals surface area contributed by atoms with Crippen molar-refractivity contribution in [1.29, 1.82) is 0 Å². The highest BCUT2D eigenvalue weighted by Crippen LogP contribution is 2.30. The number of benzene rings is 2. The smallest absolute Gasteiger partial charge is 0.197 e. The van der Waals surface area contributed by atoms with Gasteiger partial charge in [0.25, 0.3) is 0 Å². The van der Waals surface area contributed by atoms with Gasteiger partial charge in [-0.15, -0.1) is 11.3 Å². The predicted octanol–water partition coefficient (Wildman–Crippen LogP) is 3.82. The van der Waals surface area contributed by atoms with Gasteiger partial charge in [0.15, 0.2) is 5.43 Å². The SMILES string of the molecule is Cc1cccc(-c2c(N)sc3ccccc3c2=O)c1. The molecule has 0 aliphatic rings. The van der Waals surface area contributed by atoms with E-state index >= 15 is 0 Å². The number of nitrogen functional groups attached to an aromatic ring is 1. The van der Waals surface area contributed by atoms with E-state index in [9.17, 15) is 4.79 Å². The van der Waals surface area contributed by atoms with Gasteiger partial charge in [0.05, 0.1) is 10.6 Å². The van der Waals surface area contributed by atoms with Crippen LogP contribution in [0, 0.1) is 6.92 Å². The third-order valence-electron chi connectivity index (χ3n) is 3.13. The van der Waals surface area contributed by atoms with Crippen LogP contribution >= 0.6 is 11.3 Å². The van der Waals surface area contributed by atoms with Gasteiger partial charge in [-0.3, -0.25) is 4.79 Å². The Hall–Kier alpha value is -2.13. The third-order valence-corrected chi connectivity index (χ3v) is 4.13. The molecule has 0 atom stereocenters. The molecular weight excluding hydrogens is 254 g/mol. The van der Waals surface area contributed by atoms with E-state index in [1.54, 1.807) is 0 Å². The number of hydrogen-bond donors (Lipinski definition) is 1. The van der Waals surface area contributed by atoms with Gasteiger partial charge in [-0.2, -0.15) is 0 Å². The van der Waals surface area contributed by atoms with Crippen LogP contribution in [0.3, 0.4) is 0 Å². The van der Waals surface area contributed by atoms with Crippen LogP contribution in [-0.2, 0) is 0 Å². The molecule has 0 aliphatic carbocycles. The Morgan fingerprint density at radius 2 is 1.84 bits per heavy atom. The fourth-order valence-electron chi connectivity index (χ4n) is 2.23. The molecule has 0 saturated heterocycles. The number of hydrogen-bond acceptors (Lipinski definition) is 3. The lowest BCUT2D eigenvalue weighted by atomic mass is 10.0. The fourth-order valence-corrected chi connectivity index (χ4v) is 3.20. The van der Waals surface area contributed by atoms with Crippen molar-refractivity contribution in [3.05, 3.63) is 64.3 Å². The first-order chi connectivity index (χ1) is 9.16. The summed E-state index contributed by atoms with van der Waals surface area (Å²) in [5, 5.41) is 1.31. The summed E-state index contributed by atoms with van der Waals surface area (Å²) >= 11 is 1.46. The van der Waals surface area contributed by atoms with Crippen LogP contribution < -0.4 is 11.2 Å². The quantitative estimate of drug-likeness (QED) is 0.728. The van der Waals surface area contributed by atoms with Crippen LogP contribution in [0.15, 0.2) is 53.3 Å². The maximum Gasteiger partial charge on any atom is 0.197 e. The van der Waals surface area contributed by atoms with Crippen LogP contribution in [0.2, 0.25) is 0 Å². The van der Waals surface area contributed by atoms with E-state index in [-0.39, 0.29) is 5.43 Å². The first-order valence-corrected chi connectivity index (χ1v) is 6.87. The number of nitrogens with two attached hydrogens (primary N) is 1. The summed E-state index contributed by atoms with van der Waals surface area (Å²) in [5.41, 5.74) is 8.73. The zero-order valence-corrected chi connectivity index (χ0v) is 11.3. The minimum Gasteiger partial charge on any atom is -0.390 e. The van der Waals surface area contributed by atoms with Gasteiger partial charge in [-0.05, 0) is 24.6 Å². The molecule has 0 unspecified atom stereocenters. The molecule has 3 rings (SSSR count). The molecule has 0 fully saturated rings. The normalized spacial score (nSPS) is 10.8. The van der Waals surface area contributed by atoms with Gasteiger partial charge >= 0.3 is 0 Å². The summed E-state index contributed by atoms with van der Waals surface area (Å²) in [6, 6.07) is 15.5. The number of aryl methyl sites for hydroxylation is 1. The molecular formula is C16H13NOS. The summed E-state index contributed by atoms with van der Waals surface area (Å²) in [4.78, 5) is 12.6. The standard InChI is InChI=1S/C16H13NOS/c1-10-5-4-6-11(9-10)14-15(18)12-7-2-3-8-13(12)19-16(14)17/h2-9H,17H2,1H3. The average molecular weight is 267 g/mol. The van der Waals surface area contributed by atoms with Crippen LogP contribution in [0.5, 0.6) is 0 Å². The maximum atomic E-state index is 12.6. The molecule has 0 spiro atoms. The highest BCUT2D eigenvalue weighted by molar-refractivity contribution is 7.22. The number of anilines is 1. The van der Waals surface area contributed by atoms with E-state index in [2.05, 4.69) is 0 Å². The number of rotatable bonds is 1. The Balaban J connectivity index is 2.39. The van der Waals surface area contributed by atoms with Gasteiger partial charge in [0.2, 0.25) is 0 Å². The minimum absolute atomic E-state index is 0.0115. The first-order valence-electron chi connectivity index (χ1n) is 6.05. The average Bonchev–Trinajstić information content (AvgIpc) is 2.39. The van der Waals surface area contributed by atoms with Crippen molar-refractivity contribution in [3.8, 4) is 11.1 Å². The summed E-state index contributed by atoms with van der Waals surface area (Å²) in [6.45, 7) is 2.01. The zero-order chi connectivity index (χ0) is 13.4. The Labute approximate surface area is 115 Å². The molecule has 1 heterocycles. The van der Waals surface area contributed by atoms with Gasteiger partial charge in [0.1, 0.15) is 0 Å². The molecule has 1 aromatic heterocycles. The molecule has 2 N–H and O–H groups in total. The zero-order valence-electron chi connectivity index (χ0n) is 10.5. The molecule has 3 aromatic rings. The molecule has 2 nitrogen and oxygen atoms in total. The molecule has 0 saturated carbocycles. The molecule has 94 valence electrons. The monoisotopic (exact) mass is 267 g/mol. The van der Waals surface area contributed by atoms with Gasteiger partial charge < -0.3 is 5.73 Å². The lowest BCUT2D eigenvalue weighted by Gasteiger charge is -2.07. The van der Waals surface area contributed by atoms with Crippen LogP contribution in [0.25, 0.3) is 21.2 Å². The van der Waals surface area contributed by atoms with Crippen molar-refractivity contribution in [1.82, 2.24) is 0 Å². The molecule has 3 heteroatoms. The van der Waals surface area contributed by atoms with Crippen molar-refractivity contribution in [2.24, 2.45) is 0 Å². The van der Waals surface area contributed by atoms with E-state index < -0.39 is 0 Å². The van der Waals surface area contributed by atoms with E-state index in [1.807, 2.05) is 55.5 Å². The fraction of sp³-hybridized carbons (Fsp3) is 0.0625. The lowest BCUT2D eigenvalue weighted by molar-refractivity contribution is 1.47. The first kappa shape index (κ1) is 11.9. The van der Waals surface area contributed by atoms with Gasteiger partial charge in [-0.1, -0.05) is 42.0 Å². The number of fused-ring (bicyclic) bond motifs is 1. The topological polar surface area (TPSA) is 43.1 Å². The Kier molecular flexibility index (Phi) is 2.84. The van der Waals surface area contributed by atoms with Gasteiger partial charge in [0, 0.05) is 10.1 Å². The molecule has 2 aromatic carbocycles. The van der Waals surface area contributed by atoms with Crippen molar-refractivity contribution < 1.29 is 0 Å². The second-order valence-corrected chi connectivity index (χ2v) is 5.62. The highest BCUT2D eigenvalue weighted by atomic mass is 32.1. The molecule has 0 radical (unpaired) electrons. The van der Waals surface area contributed by atoms with E-state index in [0.717, 1.165) is 21.2 Å². The molecule has 0 aliphatic heterocycles. The summed E-state index contributed by atoms with van der Waals surface area (Å²) < 4.78 is 0.932. The van der Waals surface area contributed by atoms with Crippen LogP contribution in [-0.4, -0.2) is 0 Å². The minimum atomic E-state index is 0.0115. The molecule has 0 amide bonds. The maximum absolute atomic E-state index is 12.6.